The van der Waals surface area contributed by atoms with Crippen LogP contribution in [0.15, 0.2) is 35.9 Å². The maximum atomic E-state index is 13.3. The van der Waals surface area contributed by atoms with E-state index in [1.54, 1.807) is 18.2 Å². The third-order valence-corrected chi connectivity index (χ3v) is 6.18. The standard InChI is InChI=1S/C26H30Cl2N2O6/c1-6-35-19-9-8-15(12-20(19)36-7-2)22-21(24(32)26(33)30(22)11-10-29(3)4)23(31)17-13-16(27)14-18(28)25(17)34-5/h8-9,12-14,22,31H,6-7,10-11H2,1-5H3/b23-21+. The number of ether oxygens (including phenoxy) is 3. The van der Waals surface area contributed by atoms with Crippen molar-refractivity contribution in [3.05, 3.63) is 57.1 Å². The fourth-order valence-electron chi connectivity index (χ4n) is 4.09. The molecule has 2 aromatic rings. The van der Waals surface area contributed by atoms with E-state index in [0.29, 0.717) is 36.8 Å². The highest BCUT2D eigenvalue weighted by Gasteiger charge is 2.46. The normalized spacial score (nSPS) is 17.1. The van der Waals surface area contributed by atoms with Crippen LogP contribution in [0, 0.1) is 0 Å². The molecule has 1 saturated heterocycles. The molecule has 1 aliphatic rings. The van der Waals surface area contributed by atoms with Crippen LogP contribution in [-0.4, -0.2) is 74.1 Å². The Bertz CT molecular complexity index is 1180. The minimum atomic E-state index is -0.887. The summed E-state index contributed by atoms with van der Waals surface area (Å²) in [6, 6.07) is 7.22. The predicted octanol–water partition coefficient (Wildman–Crippen LogP) is 4.78. The van der Waals surface area contributed by atoms with Gasteiger partial charge in [0.05, 0.1) is 42.5 Å². The SMILES string of the molecule is CCOc1ccc(C2/C(=C(\O)c3cc(Cl)cc(Cl)c3OC)C(=O)C(=O)N2CCN(C)C)cc1OCC. The van der Waals surface area contributed by atoms with Crippen molar-refractivity contribution in [2.24, 2.45) is 0 Å². The predicted molar refractivity (Wildman–Crippen MR) is 139 cm³/mol. The molecule has 0 saturated carbocycles. The van der Waals surface area contributed by atoms with Gasteiger partial charge in [0, 0.05) is 18.1 Å². The summed E-state index contributed by atoms with van der Waals surface area (Å²) >= 11 is 12.5. The first-order valence-electron chi connectivity index (χ1n) is 11.5. The Morgan fingerprint density at radius 3 is 2.33 bits per heavy atom. The largest absolute Gasteiger partial charge is 0.507 e. The number of aliphatic hydroxyl groups is 1. The fourth-order valence-corrected chi connectivity index (χ4v) is 4.66. The van der Waals surface area contributed by atoms with Crippen molar-refractivity contribution in [3.63, 3.8) is 0 Å². The summed E-state index contributed by atoms with van der Waals surface area (Å²) < 4.78 is 16.8. The van der Waals surface area contributed by atoms with Crippen LogP contribution in [-0.2, 0) is 9.59 Å². The molecular formula is C26H30Cl2N2O6. The first-order valence-corrected chi connectivity index (χ1v) is 12.3. The monoisotopic (exact) mass is 536 g/mol. The molecule has 0 radical (unpaired) electrons. The van der Waals surface area contributed by atoms with Crippen molar-refractivity contribution in [3.8, 4) is 17.2 Å². The molecule has 2 aromatic carbocycles. The molecule has 1 heterocycles. The van der Waals surface area contributed by atoms with E-state index in [-0.39, 0.29) is 33.5 Å². The van der Waals surface area contributed by atoms with E-state index in [4.69, 9.17) is 37.4 Å². The van der Waals surface area contributed by atoms with Crippen LogP contribution in [0.5, 0.6) is 17.2 Å². The van der Waals surface area contributed by atoms with E-state index < -0.39 is 23.5 Å². The van der Waals surface area contributed by atoms with Crippen LogP contribution >= 0.6 is 23.2 Å². The van der Waals surface area contributed by atoms with Crippen molar-refractivity contribution in [2.45, 2.75) is 19.9 Å². The van der Waals surface area contributed by atoms with Crippen LogP contribution < -0.4 is 14.2 Å². The molecule has 0 bridgehead atoms. The fraction of sp³-hybridized carbons (Fsp3) is 0.385. The zero-order valence-electron chi connectivity index (χ0n) is 20.9. The van der Waals surface area contributed by atoms with E-state index in [1.165, 1.54) is 24.1 Å². The van der Waals surface area contributed by atoms with Gasteiger partial charge in [0.15, 0.2) is 11.5 Å². The molecule has 1 amide bonds. The van der Waals surface area contributed by atoms with Gasteiger partial charge in [-0.15, -0.1) is 0 Å². The number of carbonyl (C=O) groups is 2. The number of methoxy groups -OCH3 is 1. The smallest absolute Gasteiger partial charge is 0.295 e. The average Bonchev–Trinajstić information content (AvgIpc) is 3.08. The highest BCUT2D eigenvalue weighted by Crippen LogP contribution is 2.44. The van der Waals surface area contributed by atoms with Crippen LogP contribution in [0.25, 0.3) is 5.76 Å². The highest BCUT2D eigenvalue weighted by atomic mass is 35.5. The van der Waals surface area contributed by atoms with Crippen LogP contribution in [0.1, 0.15) is 31.0 Å². The number of hydrogen-bond donors (Lipinski definition) is 1. The second-order valence-corrected chi connectivity index (χ2v) is 9.18. The molecule has 0 spiro atoms. The third-order valence-electron chi connectivity index (χ3n) is 5.68. The Morgan fingerprint density at radius 2 is 1.72 bits per heavy atom. The van der Waals surface area contributed by atoms with Crippen LogP contribution in [0.4, 0.5) is 0 Å². The maximum Gasteiger partial charge on any atom is 0.295 e. The number of rotatable bonds is 10. The number of aliphatic hydroxyl groups excluding tert-OH is 1. The summed E-state index contributed by atoms with van der Waals surface area (Å²) in [4.78, 5) is 29.9. The Labute approximate surface area is 220 Å². The molecule has 1 aliphatic heterocycles. The van der Waals surface area contributed by atoms with Gasteiger partial charge in [-0.1, -0.05) is 29.3 Å². The summed E-state index contributed by atoms with van der Waals surface area (Å²) in [5.41, 5.74) is 0.595. The molecule has 1 fully saturated rings. The molecule has 194 valence electrons. The van der Waals surface area contributed by atoms with Gasteiger partial charge in [0.2, 0.25) is 0 Å². The molecule has 0 aliphatic carbocycles. The minimum Gasteiger partial charge on any atom is -0.507 e. The van der Waals surface area contributed by atoms with Crippen molar-refractivity contribution in [1.82, 2.24) is 9.80 Å². The number of carbonyl (C=O) groups excluding carboxylic acids is 2. The van der Waals surface area contributed by atoms with Crippen molar-refractivity contribution in [2.75, 3.05) is 47.5 Å². The summed E-state index contributed by atoms with van der Waals surface area (Å²) in [7, 11) is 5.13. The van der Waals surface area contributed by atoms with E-state index in [9.17, 15) is 14.7 Å². The Hall–Kier alpha value is -2.94. The number of halogens is 2. The second-order valence-electron chi connectivity index (χ2n) is 8.34. The van der Waals surface area contributed by atoms with Crippen molar-refractivity contribution >= 4 is 40.7 Å². The lowest BCUT2D eigenvalue weighted by molar-refractivity contribution is -0.140. The van der Waals surface area contributed by atoms with E-state index in [0.717, 1.165) is 0 Å². The lowest BCUT2D eigenvalue weighted by atomic mass is 9.94. The zero-order chi connectivity index (χ0) is 26.6. The lowest BCUT2D eigenvalue weighted by Crippen LogP contribution is -2.35. The Kier molecular flexibility index (Phi) is 9.11. The van der Waals surface area contributed by atoms with Crippen LogP contribution in [0.2, 0.25) is 10.0 Å². The third kappa shape index (κ3) is 5.56. The average molecular weight is 537 g/mol. The van der Waals surface area contributed by atoms with Gasteiger partial charge in [-0.25, -0.2) is 0 Å². The number of Topliss-reactive ketones (excluding diaryl/α,β-unsaturated/α-hetero) is 1. The quantitative estimate of drug-likeness (QED) is 0.265. The number of hydrogen-bond acceptors (Lipinski definition) is 7. The number of benzene rings is 2. The van der Waals surface area contributed by atoms with E-state index in [1.807, 2.05) is 32.8 Å². The topological polar surface area (TPSA) is 88.5 Å². The molecule has 1 atom stereocenters. The second kappa shape index (κ2) is 11.9. The molecule has 8 nitrogen and oxygen atoms in total. The first kappa shape index (κ1) is 27.6. The minimum absolute atomic E-state index is 0.0954. The lowest BCUT2D eigenvalue weighted by Gasteiger charge is -2.27. The summed E-state index contributed by atoms with van der Waals surface area (Å²) in [5.74, 6) is -0.823. The number of likely N-dealkylation sites (tertiary alicyclic amines) is 1. The summed E-state index contributed by atoms with van der Waals surface area (Å²) in [5, 5.41) is 11.8. The van der Waals surface area contributed by atoms with Gasteiger partial charge in [-0.05, 0) is 57.8 Å². The number of amides is 1. The molecule has 10 heteroatoms. The van der Waals surface area contributed by atoms with E-state index >= 15 is 0 Å². The van der Waals surface area contributed by atoms with Crippen molar-refractivity contribution < 1.29 is 28.9 Å². The van der Waals surface area contributed by atoms with Gasteiger partial charge in [0.25, 0.3) is 11.7 Å². The molecular weight excluding hydrogens is 507 g/mol. The molecule has 1 unspecified atom stereocenters. The number of likely N-dealkylation sites (N-methyl/N-ethyl adjacent to an activating group) is 1. The first-order chi connectivity index (χ1) is 17.1. The van der Waals surface area contributed by atoms with Crippen molar-refractivity contribution in [1.29, 1.82) is 0 Å². The highest BCUT2D eigenvalue weighted by molar-refractivity contribution is 6.46. The summed E-state index contributed by atoms with van der Waals surface area (Å²) in [6.07, 6.45) is 0. The number of ketones is 1. The van der Waals surface area contributed by atoms with Gasteiger partial charge in [0.1, 0.15) is 11.5 Å². The Morgan fingerprint density at radius 1 is 1.06 bits per heavy atom. The summed E-state index contributed by atoms with van der Waals surface area (Å²) in [6.45, 7) is 5.30. The number of nitrogens with zero attached hydrogens (tertiary/aromatic N) is 2. The van der Waals surface area contributed by atoms with Gasteiger partial charge in [-0.2, -0.15) is 0 Å². The Balaban J connectivity index is 2.27. The van der Waals surface area contributed by atoms with Gasteiger partial charge >= 0.3 is 0 Å². The van der Waals surface area contributed by atoms with Gasteiger partial charge < -0.3 is 29.1 Å². The maximum absolute atomic E-state index is 13.3. The van der Waals surface area contributed by atoms with E-state index in [2.05, 4.69) is 0 Å². The van der Waals surface area contributed by atoms with Gasteiger partial charge in [-0.3, -0.25) is 9.59 Å². The molecule has 36 heavy (non-hydrogen) atoms. The zero-order valence-corrected chi connectivity index (χ0v) is 22.4. The molecule has 0 aromatic heterocycles. The molecule has 3 rings (SSSR count). The van der Waals surface area contributed by atoms with Crippen LogP contribution in [0.3, 0.4) is 0 Å². The molecule has 1 N–H and O–H groups in total.